The highest BCUT2D eigenvalue weighted by Crippen LogP contribution is 2.32. The number of nitrogens with zero attached hydrogens (tertiary/aromatic N) is 5. The zero-order valence-corrected chi connectivity index (χ0v) is 15.2. The average molecular weight is 364 g/mol. The van der Waals surface area contributed by atoms with E-state index in [9.17, 15) is 0 Å². The second kappa shape index (κ2) is 5.95. The molecule has 6 heteroatoms. The number of rotatable bonds is 2. The molecule has 1 aliphatic rings. The zero-order chi connectivity index (χ0) is 17.7. The van der Waals surface area contributed by atoms with E-state index in [1.54, 1.807) is 0 Å². The van der Waals surface area contributed by atoms with Gasteiger partial charge in [-0.15, -0.1) is 10.2 Å². The van der Waals surface area contributed by atoms with Gasteiger partial charge in [0.2, 0.25) is 5.95 Å². The Morgan fingerprint density at radius 3 is 2.62 bits per heavy atom. The average Bonchev–Trinajstić information content (AvgIpc) is 3.32. The second-order valence-corrected chi connectivity index (χ2v) is 7.20. The number of halogens is 1. The van der Waals surface area contributed by atoms with Crippen molar-refractivity contribution in [3.63, 3.8) is 0 Å². The quantitative estimate of drug-likeness (QED) is 0.525. The van der Waals surface area contributed by atoms with Crippen LogP contribution in [0.1, 0.15) is 18.4 Å². The molecule has 1 saturated heterocycles. The van der Waals surface area contributed by atoms with E-state index in [1.807, 2.05) is 24.3 Å². The van der Waals surface area contributed by atoms with E-state index in [-0.39, 0.29) is 0 Å². The first-order valence-corrected chi connectivity index (χ1v) is 9.25. The lowest BCUT2D eigenvalue weighted by molar-refractivity contribution is 0.886. The molecule has 0 N–H and O–H groups in total. The Bertz CT molecular complexity index is 1130. The molecule has 130 valence electrons. The van der Waals surface area contributed by atoms with Crippen molar-refractivity contribution in [2.45, 2.75) is 19.8 Å². The predicted molar refractivity (Wildman–Crippen MR) is 105 cm³/mol. The third kappa shape index (κ3) is 2.35. The maximum atomic E-state index is 6.46. The lowest BCUT2D eigenvalue weighted by Gasteiger charge is -2.19. The minimum atomic E-state index is 0.665. The normalized spacial score (nSPS) is 14.6. The molecule has 4 aromatic rings. The second-order valence-electron chi connectivity index (χ2n) is 6.79. The van der Waals surface area contributed by atoms with Gasteiger partial charge < -0.3 is 4.90 Å². The van der Waals surface area contributed by atoms with Gasteiger partial charge in [0.15, 0.2) is 11.5 Å². The van der Waals surface area contributed by atoms with E-state index in [0.29, 0.717) is 5.02 Å². The summed E-state index contributed by atoms with van der Waals surface area (Å²) >= 11 is 6.46. The molecule has 26 heavy (non-hydrogen) atoms. The van der Waals surface area contributed by atoms with Crippen LogP contribution in [0, 0.1) is 6.92 Å². The Morgan fingerprint density at radius 1 is 1.00 bits per heavy atom. The Kier molecular flexibility index (Phi) is 3.57. The molecule has 2 aromatic heterocycles. The Labute approximate surface area is 156 Å². The number of fused-ring (bicyclic) bond motifs is 3. The van der Waals surface area contributed by atoms with Crippen molar-refractivity contribution >= 4 is 34.1 Å². The summed E-state index contributed by atoms with van der Waals surface area (Å²) in [6, 6.07) is 14.0. The van der Waals surface area contributed by atoms with Gasteiger partial charge in [-0.1, -0.05) is 35.4 Å². The molecule has 2 aromatic carbocycles. The molecule has 0 bridgehead atoms. The van der Waals surface area contributed by atoms with E-state index in [1.165, 1.54) is 18.4 Å². The monoisotopic (exact) mass is 363 g/mol. The first-order chi connectivity index (χ1) is 12.7. The van der Waals surface area contributed by atoms with E-state index < -0.39 is 0 Å². The van der Waals surface area contributed by atoms with Gasteiger partial charge in [-0.05, 0) is 44.0 Å². The van der Waals surface area contributed by atoms with Crippen LogP contribution in [0.4, 0.5) is 5.95 Å². The van der Waals surface area contributed by atoms with Crippen molar-refractivity contribution in [1.82, 2.24) is 19.6 Å². The number of hydrogen-bond donors (Lipinski definition) is 0. The smallest absolute Gasteiger partial charge is 0.213 e. The lowest BCUT2D eigenvalue weighted by atomic mass is 10.1. The van der Waals surface area contributed by atoms with Crippen LogP contribution in [-0.2, 0) is 0 Å². The number of hydrogen-bond acceptors (Lipinski definition) is 4. The highest BCUT2D eigenvalue weighted by atomic mass is 35.5. The number of aromatic nitrogens is 4. The largest absolute Gasteiger partial charge is 0.342 e. The summed E-state index contributed by atoms with van der Waals surface area (Å²) in [6.45, 7) is 4.08. The molecule has 0 spiro atoms. The Balaban J connectivity index is 1.89. The van der Waals surface area contributed by atoms with Crippen LogP contribution >= 0.6 is 11.6 Å². The van der Waals surface area contributed by atoms with Gasteiger partial charge in [0.1, 0.15) is 0 Å². The van der Waals surface area contributed by atoms with Crippen LogP contribution in [0.5, 0.6) is 0 Å². The summed E-state index contributed by atoms with van der Waals surface area (Å²) in [5, 5.41) is 10.7. The summed E-state index contributed by atoms with van der Waals surface area (Å²) in [5.41, 5.74) is 3.83. The fraction of sp³-hybridized carbons (Fsp3) is 0.250. The van der Waals surface area contributed by atoms with Crippen LogP contribution in [0.3, 0.4) is 0 Å². The molecule has 0 saturated carbocycles. The molecule has 0 unspecified atom stereocenters. The van der Waals surface area contributed by atoms with Gasteiger partial charge in [-0.2, -0.15) is 0 Å². The Hall–Kier alpha value is -2.66. The maximum absolute atomic E-state index is 6.46. The zero-order valence-electron chi connectivity index (χ0n) is 14.5. The van der Waals surface area contributed by atoms with Crippen molar-refractivity contribution in [3.05, 3.63) is 53.1 Å². The summed E-state index contributed by atoms with van der Waals surface area (Å²) in [6.07, 6.45) is 2.36. The van der Waals surface area contributed by atoms with Crippen molar-refractivity contribution in [2.24, 2.45) is 0 Å². The highest BCUT2D eigenvalue weighted by Gasteiger charge is 2.23. The van der Waals surface area contributed by atoms with Crippen LogP contribution < -0.4 is 4.90 Å². The van der Waals surface area contributed by atoms with Crippen LogP contribution in [0.25, 0.3) is 27.9 Å². The van der Waals surface area contributed by atoms with Crippen molar-refractivity contribution in [3.8, 4) is 11.4 Å². The third-order valence-electron chi connectivity index (χ3n) is 4.98. The van der Waals surface area contributed by atoms with E-state index >= 15 is 0 Å². The van der Waals surface area contributed by atoms with Gasteiger partial charge >= 0.3 is 0 Å². The fourth-order valence-corrected chi connectivity index (χ4v) is 3.90. The standard InChI is InChI=1S/C20H18ClN5/c1-13-8-9-17-15(12-13)19-24-23-18(14-6-2-3-7-16(14)21)26(19)20(22-17)25-10-4-5-11-25/h2-3,6-9,12H,4-5,10-11H2,1H3. The molecule has 0 atom stereocenters. The molecule has 0 aliphatic carbocycles. The summed E-state index contributed by atoms with van der Waals surface area (Å²) in [5.74, 6) is 1.64. The van der Waals surface area contributed by atoms with Gasteiger partial charge in [-0.3, -0.25) is 0 Å². The topological polar surface area (TPSA) is 46.3 Å². The molecule has 1 aliphatic heterocycles. The minimum absolute atomic E-state index is 0.665. The molecule has 3 heterocycles. The molecule has 0 radical (unpaired) electrons. The third-order valence-corrected chi connectivity index (χ3v) is 5.31. The van der Waals surface area contributed by atoms with E-state index in [4.69, 9.17) is 16.6 Å². The maximum Gasteiger partial charge on any atom is 0.213 e. The first kappa shape index (κ1) is 15.6. The van der Waals surface area contributed by atoms with Crippen molar-refractivity contribution in [1.29, 1.82) is 0 Å². The molecular formula is C20H18ClN5. The molecule has 5 rings (SSSR count). The molecule has 0 amide bonds. The molecule has 5 nitrogen and oxygen atoms in total. The molecule has 1 fully saturated rings. The first-order valence-electron chi connectivity index (χ1n) is 8.88. The minimum Gasteiger partial charge on any atom is -0.342 e. The van der Waals surface area contributed by atoms with E-state index in [0.717, 1.165) is 47.0 Å². The van der Waals surface area contributed by atoms with Gasteiger partial charge in [0.05, 0.1) is 10.5 Å². The van der Waals surface area contributed by atoms with Crippen molar-refractivity contribution < 1.29 is 0 Å². The fourth-order valence-electron chi connectivity index (χ4n) is 3.68. The Morgan fingerprint density at radius 2 is 1.81 bits per heavy atom. The summed E-state index contributed by atoms with van der Waals surface area (Å²) < 4.78 is 2.06. The number of aryl methyl sites for hydroxylation is 1. The SMILES string of the molecule is Cc1ccc2nc(N3CCCC3)n3c(-c4ccccc4Cl)nnc3c2c1. The van der Waals surface area contributed by atoms with Crippen LogP contribution in [-0.4, -0.2) is 32.7 Å². The van der Waals surface area contributed by atoms with Gasteiger partial charge in [-0.25, -0.2) is 9.38 Å². The van der Waals surface area contributed by atoms with E-state index in [2.05, 4.69) is 44.6 Å². The summed E-state index contributed by atoms with van der Waals surface area (Å²) in [7, 11) is 0. The number of anilines is 1. The van der Waals surface area contributed by atoms with Crippen LogP contribution in [0.2, 0.25) is 5.02 Å². The predicted octanol–water partition coefficient (Wildman–Crippen LogP) is 4.51. The summed E-state index contributed by atoms with van der Waals surface area (Å²) in [4.78, 5) is 7.30. The van der Waals surface area contributed by atoms with Gasteiger partial charge in [0, 0.05) is 24.0 Å². The molecular weight excluding hydrogens is 346 g/mol. The lowest BCUT2D eigenvalue weighted by Crippen LogP contribution is -2.22. The van der Waals surface area contributed by atoms with Gasteiger partial charge in [0.25, 0.3) is 0 Å². The van der Waals surface area contributed by atoms with Crippen molar-refractivity contribution in [2.75, 3.05) is 18.0 Å². The highest BCUT2D eigenvalue weighted by molar-refractivity contribution is 6.33. The van der Waals surface area contributed by atoms with Crippen LogP contribution in [0.15, 0.2) is 42.5 Å². The number of benzene rings is 2.